The number of rotatable bonds is 7. The second-order valence-electron chi connectivity index (χ2n) is 7.93. The zero-order valence-corrected chi connectivity index (χ0v) is 19.0. The van der Waals surface area contributed by atoms with Crippen LogP contribution in [0, 0.1) is 0 Å². The number of nitrogens with two attached hydrogens (primary N) is 1. The zero-order valence-electron chi connectivity index (χ0n) is 19.0. The molecule has 1 amide bonds. The van der Waals surface area contributed by atoms with E-state index in [0.29, 0.717) is 0 Å². The maximum Gasteiger partial charge on any atom is 0.330 e. The molecule has 34 heavy (non-hydrogen) atoms. The van der Waals surface area contributed by atoms with E-state index >= 15 is 0 Å². The number of hydrogen-bond acceptors (Lipinski definition) is 5. The summed E-state index contributed by atoms with van der Waals surface area (Å²) in [6.45, 7) is 2.16. The molecule has 0 spiro atoms. The molecule has 0 aliphatic rings. The monoisotopic (exact) mass is 462 g/mol. The Labute approximate surface area is 194 Å². The Kier molecular flexibility index (Phi) is 6.22. The number of aromatic nitrogens is 4. The molecule has 0 aliphatic carbocycles. The van der Waals surface area contributed by atoms with Crippen LogP contribution in [0.5, 0.6) is 0 Å². The highest BCUT2D eigenvalue weighted by molar-refractivity contribution is 5.95. The number of aryl methyl sites for hydroxylation is 2. The average Bonchev–Trinajstić information content (AvgIpc) is 3.08. The van der Waals surface area contributed by atoms with E-state index in [1.165, 1.54) is 18.6 Å². The van der Waals surface area contributed by atoms with E-state index in [2.05, 4.69) is 4.98 Å². The minimum atomic E-state index is -0.732. The van der Waals surface area contributed by atoms with Gasteiger partial charge in [-0.25, -0.2) is 9.59 Å². The number of amides is 1. The van der Waals surface area contributed by atoms with Gasteiger partial charge >= 0.3 is 11.4 Å². The Morgan fingerprint density at radius 3 is 2.29 bits per heavy atom. The van der Waals surface area contributed by atoms with Crippen molar-refractivity contribution in [2.45, 2.75) is 26.4 Å². The number of para-hydroxylation sites is 2. The van der Waals surface area contributed by atoms with Gasteiger partial charge in [0.1, 0.15) is 5.82 Å². The Morgan fingerprint density at radius 2 is 1.62 bits per heavy atom. The molecule has 2 heterocycles. The molecule has 0 saturated heterocycles. The Morgan fingerprint density at radius 1 is 0.971 bits per heavy atom. The number of carbonyl (C=O) groups excluding carboxylic acids is 1. The molecule has 176 valence electrons. The molecule has 0 fully saturated rings. The molecule has 0 saturated carbocycles. The maximum absolute atomic E-state index is 13.2. The standard InChI is InChI=1S/C24H26N6O4/c1-3-28(19(31)13-14-29-18-12-8-7-11-17(18)27(2)24(29)34)20-21(25)30(23(33)26-22(20)32)15-16-9-5-4-6-10-16/h4-12H,3,13-15,25H2,1-2H3,(H,26,32,33). The predicted molar refractivity (Wildman–Crippen MR) is 131 cm³/mol. The van der Waals surface area contributed by atoms with Gasteiger partial charge in [0, 0.05) is 26.6 Å². The zero-order chi connectivity index (χ0) is 24.4. The van der Waals surface area contributed by atoms with Crippen LogP contribution in [0.3, 0.4) is 0 Å². The Hall–Kier alpha value is -4.34. The fraction of sp³-hybridized carbons (Fsp3) is 0.250. The predicted octanol–water partition coefficient (Wildman–Crippen LogP) is 1.26. The summed E-state index contributed by atoms with van der Waals surface area (Å²) in [6, 6.07) is 16.5. The molecule has 0 bridgehead atoms. The largest absolute Gasteiger partial charge is 0.383 e. The van der Waals surface area contributed by atoms with Crippen molar-refractivity contribution in [1.82, 2.24) is 18.7 Å². The van der Waals surface area contributed by atoms with Crippen LogP contribution >= 0.6 is 0 Å². The molecule has 2 aromatic carbocycles. The van der Waals surface area contributed by atoms with E-state index in [0.717, 1.165) is 16.6 Å². The Balaban J connectivity index is 1.65. The van der Waals surface area contributed by atoms with E-state index in [1.54, 1.807) is 14.0 Å². The quantitative estimate of drug-likeness (QED) is 0.427. The van der Waals surface area contributed by atoms with E-state index in [9.17, 15) is 19.2 Å². The molecule has 0 unspecified atom stereocenters. The molecule has 3 N–H and O–H groups in total. The molecule has 10 nitrogen and oxygen atoms in total. The summed E-state index contributed by atoms with van der Waals surface area (Å²) in [6.07, 6.45) is -0.0293. The first-order valence-electron chi connectivity index (χ1n) is 10.9. The van der Waals surface area contributed by atoms with Crippen LogP contribution in [0.2, 0.25) is 0 Å². The second-order valence-corrected chi connectivity index (χ2v) is 7.93. The summed E-state index contributed by atoms with van der Waals surface area (Å²) in [7, 11) is 1.68. The number of imidazole rings is 1. The number of anilines is 2. The summed E-state index contributed by atoms with van der Waals surface area (Å²) < 4.78 is 4.29. The first-order valence-corrected chi connectivity index (χ1v) is 10.9. The SMILES string of the molecule is CCN(C(=O)CCn1c(=O)n(C)c2ccccc21)c1c(N)n(Cc2ccccc2)c(=O)[nH]c1=O. The van der Waals surface area contributed by atoms with Gasteiger partial charge in [-0.05, 0) is 24.6 Å². The third kappa shape index (κ3) is 4.05. The van der Waals surface area contributed by atoms with Gasteiger partial charge in [-0.2, -0.15) is 0 Å². The van der Waals surface area contributed by atoms with Gasteiger partial charge in [0.05, 0.1) is 17.6 Å². The molecule has 0 atom stereocenters. The lowest BCUT2D eigenvalue weighted by Crippen LogP contribution is -2.41. The van der Waals surface area contributed by atoms with Crippen molar-refractivity contribution in [2.75, 3.05) is 17.2 Å². The fourth-order valence-corrected chi connectivity index (χ4v) is 4.14. The van der Waals surface area contributed by atoms with Crippen LogP contribution in [0.25, 0.3) is 11.0 Å². The highest BCUT2D eigenvalue weighted by Crippen LogP contribution is 2.19. The molecule has 4 aromatic rings. The minimum absolute atomic E-state index is 0.0293. The summed E-state index contributed by atoms with van der Waals surface area (Å²) in [4.78, 5) is 54.5. The maximum atomic E-state index is 13.2. The first kappa shape index (κ1) is 22.8. The van der Waals surface area contributed by atoms with E-state index < -0.39 is 11.2 Å². The lowest BCUT2D eigenvalue weighted by atomic mass is 10.2. The minimum Gasteiger partial charge on any atom is -0.383 e. The third-order valence-electron chi connectivity index (χ3n) is 5.89. The first-order chi connectivity index (χ1) is 16.3. The van der Waals surface area contributed by atoms with Crippen LogP contribution in [0.1, 0.15) is 18.9 Å². The molecule has 10 heteroatoms. The van der Waals surface area contributed by atoms with Gasteiger partial charge in [0.2, 0.25) is 5.91 Å². The average molecular weight is 463 g/mol. The van der Waals surface area contributed by atoms with E-state index in [-0.39, 0.29) is 49.2 Å². The second kappa shape index (κ2) is 9.26. The lowest BCUT2D eigenvalue weighted by Gasteiger charge is -2.23. The molecule has 4 rings (SSSR count). The molecule has 0 aliphatic heterocycles. The van der Waals surface area contributed by atoms with Crippen molar-refractivity contribution >= 4 is 28.4 Å². The fourth-order valence-electron chi connectivity index (χ4n) is 4.14. The number of nitrogens with zero attached hydrogens (tertiary/aromatic N) is 4. The van der Waals surface area contributed by atoms with Crippen LogP contribution < -0.4 is 27.6 Å². The number of hydrogen-bond donors (Lipinski definition) is 2. The van der Waals surface area contributed by atoms with Gasteiger partial charge in [0.25, 0.3) is 5.56 Å². The number of fused-ring (bicyclic) bond motifs is 1. The number of nitrogens with one attached hydrogen (secondary N) is 1. The number of benzene rings is 2. The van der Waals surface area contributed by atoms with Crippen molar-refractivity contribution in [3.63, 3.8) is 0 Å². The van der Waals surface area contributed by atoms with Gasteiger partial charge < -0.3 is 10.6 Å². The third-order valence-corrected chi connectivity index (χ3v) is 5.89. The number of aromatic amines is 1. The van der Waals surface area contributed by atoms with Crippen molar-refractivity contribution in [2.24, 2.45) is 7.05 Å². The normalized spacial score (nSPS) is 11.1. The molecule has 2 aromatic heterocycles. The van der Waals surface area contributed by atoms with Crippen molar-refractivity contribution in [1.29, 1.82) is 0 Å². The summed E-state index contributed by atoms with van der Waals surface area (Å²) in [5.41, 5.74) is 6.86. The van der Waals surface area contributed by atoms with Crippen molar-refractivity contribution in [3.8, 4) is 0 Å². The lowest BCUT2D eigenvalue weighted by molar-refractivity contribution is -0.118. The van der Waals surface area contributed by atoms with E-state index in [1.807, 2.05) is 54.6 Å². The van der Waals surface area contributed by atoms with Crippen LogP contribution in [0.4, 0.5) is 11.5 Å². The van der Waals surface area contributed by atoms with Gasteiger partial charge in [-0.1, -0.05) is 42.5 Å². The highest BCUT2D eigenvalue weighted by atomic mass is 16.2. The highest BCUT2D eigenvalue weighted by Gasteiger charge is 2.23. The van der Waals surface area contributed by atoms with Crippen molar-refractivity contribution in [3.05, 3.63) is 91.5 Å². The van der Waals surface area contributed by atoms with Crippen molar-refractivity contribution < 1.29 is 4.79 Å². The molecule has 0 radical (unpaired) electrons. The van der Waals surface area contributed by atoms with E-state index in [4.69, 9.17) is 5.73 Å². The summed E-state index contributed by atoms with van der Waals surface area (Å²) >= 11 is 0. The topological polar surface area (TPSA) is 128 Å². The van der Waals surface area contributed by atoms with Crippen LogP contribution in [-0.4, -0.2) is 31.1 Å². The molecular formula is C24H26N6O4. The van der Waals surface area contributed by atoms with Gasteiger partial charge in [-0.3, -0.25) is 28.3 Å². The summed E-state index contributed by atoms with van der Waals surface area (Å²) in [5.74, 6) is -0.473. The van der Waals surface area contributed by atoms with Gasteiger partial charge in [0.15, 0.2) is 5.69 Å². The molecular weight excluding hydrogens is 436 g/mol. The summed E-state index contributed by atoms with van der Waals surface area (Å²) in [5, 5.41) is 0. The van der Waals surface area contributed by atoms with Gasteiger partial charge in [-0.15, -0.1) is 0 Å². The smallest absolute Gasteiger partial charge is 0.330 e. The van der Waals surface area contributed by atoms with Crippen LogP contribution in [0.15, 0.2) is 69.0 Å². The number of H-pyrrole nitrogens is 1. The number of nitrogen functional groups attached to an aromatic ring is 1. The number of carbonyl (C=O) groups is 1. The van der Waals surface area contributed by atoms with Crippen LogP contribution in [-0.2, 0) is 24.9 Å². The Bertz CT molecular complexity index is 1530.